The Balaban J connectivity index is 1.86. The number of benzene rings is 2. The highest BCUT2D eigenvalue weighted by molar-refractivity contribution is 7.90. The zero-order valence-electron chi connectivity index (χ0n) is 12.9. The summed E-state index contributed by atoms with van der Waals surface area (Å²) in [5.41, 5.74) is 1.41. The molecule has 1 amide bonds. The van der Waals surface area contributed by atoms with E-state index in [4.69, 9.17) is 0 Å². The topological polar surface area (TPSA) is 81.1 Å². The molecule has 3 aromatic rings. The first kappa shape index (κ1) is 15.9. The van der Waals surface area contributed by atoms with Crippen LogP contribution in [0.25, 0.3) is 5.69 Å². The highest BCUT2D eigenvalue weighted by atomic mass is 32.2. The predicted molar refractivity (Wildman–Crippen MR) is 91.1 cm³/mol. The van der Waals surface area contributed by atoms with Crippen LogP contribution in [0.15, 0.2) is 71.9 Å². The maximum atomic E-state index is 12.4. The first-order valence-corrected chi connectivity index (χ1v) is 9.05. The summed E-state index contributed by atoms with van der Waals surface area (Å²) in [7, 11) is -3.43. The van der Waals surface area contributed by atoms with Crippen LogP contribution in [-0.2, 0) is 9.84 Å². The largest absolute Gasteiger partial charge is 0.321 e. The maximum Gasteiger partial charge on any atom is 0.258 e. The third-order valence-electron chi connectivity index (χ3n) is 3.40. The van der Waals surface area contributed by atoms with Gasteiger partial charge in [0.25, 0.3) is 5.91 Å². The van der Waals surface area contributed by atoms with Crippen LogP contribution >= 0.6 is 0 Å². The molecule has 2 aromatic carbocycles. The minimum atomic E-state index is -3.43. The summed E-state index contributed by atoms with van der Waals surface area (Å²) in [4.78, 5) is 12.5. The summed E-state index contributed by atoms with van der Waals surface area (Å²) >= 11 is 0. The van der Waals surface area contributed by atoms with Gasteiger partial charge in [-0.15, -0.1) is 0 Å². The fourth-order valence-electron chi connectivity index (χ4n) is 2.25. The lowest BCUT2D eigenvalue weighted by Gasteiger charge is -2.08. The lowest BCUT2D eigenvalue weighted by Crippen LogP contribution is -2.14. The Bertz CT molecular complexity index is 979. The van der Waals surface area contributed by atoms with E-state index in [1.165, 1.54) is 12.3 Å². The number of sulfone groups is 1. The smallest absolute Gasteiger partial charge is 0.258 e. The second-order valence-electron chi connectivity index (χ2n) is 5.23. The summed E-state index contributed by atoms with van der Waals surface area (Å²) in [6.45, 7) is 0. The molecule has 0 aliphatic rings. The number of aromatic nitrogens is 2. The van der Waals surface area contributed by atoms with E-state index in [9.17, 15) is 13.2 Å². The minimum Gasteiger partial charge on any atom is -0.321 e. The first-order chi connectivity index (χ1) is 11.4. The number of rotatable bonds is 4. The van der Waals surface area contributed by atoms with Crippen LogP contribution in [0.2, 0.25) is 0 Å². The summed E-state index contributed by atoms with van der Waals surface area (Å²) in [5, 5.41) is 6.78. The SMILES string of the molecule is CS(=O)(=O)c1ccccc1NC(=O)c1cnn(-c2ccccc2)c1. The molecule has 0 atom stereocenters. The summed E-state index contributed by atoms with van der Waals surface area (Å²) in [6, 6.07) is 15.7. The van der Waals surface area contributed by atoms with E-state index in [0.29, 0.717) is 5.56 Å². The molecule has 7 heteroatoms. The molecule has 0 saturated heterocycles. The number of anilines is 1. The van der Waals surface area contributed by atoms with Gasteiger partial charge in [-0.2, -0.15) is 5.10 Å². The summed E-state index contributed by atoms with van der Waals surface area (Å²) in [6.07, 6.45) is 4.13. The van der Waals surface area contributed by atoms with Crippen LogP contribution in [0.5, 0.6) is 0 Å². The molecule has 0 radical (unpaired) electrons. The van der Waals surface area contributed by atoms with Gasteiger partial charge in [0.05, 0.1) is 28.0 Å². The number of hydrogen-bond acceptors (Lipinski definition) is 4. The fraction of sp³-hybridized carbons (Fsp3) is 0.0588. The van der Waals surface area contributed by atoms with Crippen LogP contribution in [-0.4, -0.2) is 30.4 Å². The molecule has 0 unspecified atom stereocenters. The van der Waals surface area contributed by atoms with Crippen LogP contribution in [0.4, 0.5) is 5.69 Å². The van der Waals surface area contributed by atoms with Gasteiger partial charge in [0.2, 0.25) is 0 Å². The molecular formula is C17H15N3O3S. The first-order valence-electron chi connectivity index (χ1n) is 7.16. The molecule has 6 nitrogen and oxygen atoms in total. The van der Waals surface area contributed by atoms with Gasteiger partial charge < -0.3 is 5.32 Å². The van der Waals surface area contributed by atoms with E-state index in [2.05, 4.69) is 10.4 Å². The lowest BCUT2D eigenvalue weighted by molar-refractivity contribution is 0.102. The summed E-state index contributed by atoms with van der Waals surface area (Å²) < 4.78 is 25.2. The molecule has 1 aromatic heterocycles. The molecule has 0 aliphatic heterocycles. The molecular weight excluding hydrogens is 326 g/mol. The molecule has 122 valence electrons. The fourth-order valence-corrected chi connectivity index (χ4v) is 3.09. The van der Waals surface area contributed by atoms with Crippen molar-refractivity contribution in [2.45, 2.75) is 4.90 Å². The molecule has 24 heavy (non-hydrogen) atoms. The minimum absolute atomic E-state index is 0.0776. The molecule has 0 saturated carbocycles. The number of para-hydroxylation sites is 2. The Kier molecular flexibility index (Phi) is 4.18. The van der Waals surface area contributed by atoms with E-state index in [1.807, 2.05) is 30.3 Å². The van der Waals surface area contributed by atoms with E-state index in [-0.39, 0.29) is 10.6 Å². The normalized spacial score (nSPS) is 11.2. The third kappa shape index (κ3) is 3.36. The van der Waals surface area contributed by atoms with Crippen LogP contribution in [0.1, 0.15) is 10.4 Å². The van der Waals surface area contributed by atoms with Crippen molar-refractivity contribution in [2.24, 2.45) is 0 Å². The number of carbonyl (C=O) groups is 1. The van der Waals surface area contributed by atoms with Crippen molar-refractivity contribution in [3.63, 3.8) is 0 Å². The van der Waals surface area contributed by atoms with E-state index >= 15 is 0 Å². The Morgan fingerprint density at radius 3 is 2.42 bits per heavy atom. The average Bonchev–Trinajstić information content (AvgIpc) is 3.05. The van der Waals surface area contributed by atoms with Gasteiger partial charge in [-0.1, -0.05) is 30.3 Å². The van der Waals surface area contributed by atoms with Crippen LogP contribution in [0.3, 0.4) is 0 Å². The number of nitrogens with zero attached hydrogens (tertiary/aromatic N) is 2. The van der Waals surface area contributed by atoms with Crippen molar-refractivity contribution in [2.75, 3.05) is 11.6 Å². The van der Waals surface area contributed by atoms with E-state index in [1.54, 1.807) is 29.1 Å². The predicted octanol–water partition coefficient (Wildman–Crippen LogP) is 2.53. The van der Waals surface area contributed by atoms with Gasteiger partial charge in [-0.3, -0.25) is 4.79 Å². The number of carbonyl (C=O) groups excluding carboxylic acids is 1. The van der Waals surface area contributed by atoms with Crippen molar-refractivity contribution in [3.05, 3.63) is 72.6 Å². The van der Waals surface area contributed by atoms with Crippen molar-refractivity contribution >= 4 is 21.4 Å². The average molecular weight is 341 g/mol. The molecule has 0 aliphatic carbocycles. The van der Waals surface area contributed by atoms with Crippen LogP contribution < -0.4 is 5.32 Å². The molecule has 3 rings (SSSR count). The molecule has 0 spiro atoms. The van der Waals surface area contributed by atoms with E-state index < -0.39 is 15.7 Å². The Morgan fingerprint density at radius 1 is 1.04 bits per heavy atom. The molecule has 0 fully saturated rings. The zero-order valence-corrected chi connectivity index (χ0v) is 13.7. The quantitative estimate of drug-likeness (QED) is 0.791. The number of amides is 1. The lowest BCUT2D eigenvalue weighted by atomic mass is 10.3. The highest BCUT2D eigenvalue weighted by Crippen LogP contribution is 2.21. The Labute approximate surface area is 139 Å². The van der Waals surface area contributed by atoms with E-state index in [0.717, 1.165) is 11.9 Å². The third-order valence-corrected chi connectivity index (χ3v) is 4.56. The number of hydrogen-bond donors (Lipinski definition) is 1. The van der Waals surface area contributed by atoms with Crippen molar-refractivity contribution in [3.8, 4) is 5.69 Å². The second kappa shape index (κ2) is 6.29. The maximum absolute atomic E-state index is 12.4. The molecule has 0 bridgehead atoms. The van der Waals surface area contributed by atoms with Crippen molar-refractivity contribution in [1.82, 2.24) is 9.78 Å². The molecule has 1 N–H and O–H groups in total. The van der Waals surface area contributed by atoms with Gasteiger partial charge in [0.1, 0.15) is 0 Å². The zero-order chi connectivity index (χ0) is 17.2. The van der Waals surface area contributed by atoms with Crippen molar-refractivity contribution < 1.29 is 13.2 Å². The molecule has 1 heterocycles. The van der Waals surface area contributed by atoms with Gasteiger partial charge >= 0.3 is 0 Å². The second-order valence-corrected chi connectivity index (χ2v) is 7.22. The van der Waals surface area contributed by atoms with Gasteiger partial charge in [-0.25, -0.2) is 13.1 Å². The Hall–Kier alpha value is -2.93. The highest BCUT2D eigenvalue weighted by Gasteiger charge is 2.16. The summed E-state index contributed by atoms with van der Waals surface area (Å²) in [5.74, 6) is -0.423. The van der Waals surface area contributed by atoms with Gasteiger partial charge in [0, 0.05) is 12.5 Å². The Morgan fingerprint density at radius 2 is 1.71 bits per heavy atom. The van der Waals surface area contributed by atoms with Gasteiger partial charge in [-0.05, 0) is 24.3 Å². The van der Waals surface area contributed by atoms with Crippen molar-refractivity contribution in [1.29, 1.82) is 0 Å². The van der Waals surface area contributed by atoms with Crippen LogP contribution in [0, 0.1) is 0 Å². The van der Waals surface area contributed by atoms with Gasteiger partial charge in [0.15, 0.2) is 9.84 Å². The monoisotopic (exact) mass is 341 g/mol. The standard InChI is InChI=1S/C17H15N3O3S/c1-24(22,23)16-10-6-5-9-15(16)19-17(21)13-11-18-20(12-13)14-7-3-2-4-8-14/h2-12H,1H3,(H,19,21). The number of nitrogens with one attached hydrogen (secondary N) is 1.